The second-order valence-electron chi connectivity index (χ2n) is 12.8. The molecule has 2 aromatic rings. The third-order valence-electron chi connectivity index (χ3n) is 6.72. The second kappa shape index (κ2) is 22.4. The van der Waals surface area contributed by atoms with Crippen molar-refractivity contribution in [1.82, 2.24) is 20.2 Å². The molecule has 2 heterocycles. The van der Waals surface area contributed by atoms with Crippen LogP contribution in [-0.2, 0) is 44.8 Å². The van der Waals surface area contributed by atoms with Gasteiger partial charge in [-0.25, -0.2) is 9.69 Å². The highest BCUT2D eigenvalue weighted by molar-refractivity contribution is 7.98. The lowest BCUT2D eigenvalue weighted by atomic mass is 9.93. The van der Waals surface area contributed by atoms with Gasteiger partial charge in [0, 0.05) is 21.6 Å². The van der Waals surface area contributed by atoms with Gasteiger partial charge in [-0.1, -0.05) is 55.7 Å². The first-order chi connectivity index (χ1) is 25.0. The Hall–Kier alpha value is -3.22. The molecule has 1 aromatic heterocycles. The Labute approximate surface area is 331 Å². The molecule has 300 valence electrons. The second-order valence-corrected chi connectivity index (χ2v) is 18.5. The van der Waals surface area contributed by atoms with Gasteiger partial charge >= 0.3 is 11.9 Å². The summed E-state index contributed by atoms with van der Waals surface area (Å²) in [5.41, 5.74) is 1.82. The van der Waals surface area contributed by atoms with Crippen molar-refractivity contribution in [2.24, 2.45) is 0 Å². The Morgan fingerprint density at radius 3 is 2.11 bits per heavy atom. The molecular formula is C33H47Cl2N6O10PS2. The number of hydrogen-bond donors (Lipinski definition) is 4. The van der Waals surface area contributed by atoms with Crippen LogP contribution in [0.15, 0.2) is 44.3 Å². The molecular weight excluding hydrogens is 806 g/mol. The molecule has 5 N–H and O–H groups in total. The van der Waals surface area contributed by atoms with Crippen LogP contribution in [0.25, 0.3) is 6.08 Å². The first-order valence-corrected chi connectivity index (χ1v) is 22.3. The van der Waals surface area contributed by atoms with Gasteiger partial charge in [-0.15, -0.1) is 10.2 Å². The number of carboxylic acid groups (broad SMARTS) is 1. The maximum atomic E-state index is 12.7. The molecule has 1 aliphatic carbocycles. The predicted molar refractivity (Wildman–Crippen MR) is 212 cm³/mol. The number of benzene rings is 1. The van der Waals surface area contributed by atoms with E-state index < -0.39 is 32.4 Å². The van der Waals surface area contributed by atoms with E-state index in [-0.39, 0.29) is 34.4 Å². The fourth-order valence-corrected chi connectivity index (χ4v) is 5.59. The number of ether oxygens (including phenoxy) is 1. The number of nitrogens with two attached hydrogens (primary N) is 1. The number of anilines is 1. The van der Waals surface area contributed by atoms with Crippen molar-refractivity contribution in [1.29, 1.82) is 0 Å². The molecule has 0 bridgehead atoms. The number of imide groups is 1. The summed E-state index contributed by atoms with van der Waals surface area (Å²) in [6.07, 6.45) is 12.1. The summed E-state index contributed by atoms with van der Waals surface area (Å²) < 4.78 is 15.8. The summed E-state index contributed by atoms with van der Waals surface area (Å²) in [6, 6.07) is 4.74. The minimum atomic E-state index is -4.35. The van der Waals surface area contributed by atoms with Crippen LogP contribution < -0.4 is 26.5 Å². The fourth-order valence-electron chi connectivity index (χ4n) is 4.45. The quantitative estimate of drug-likeness (QED) is 0.0538. The molecule has 1 atom stereocenters. The fraction of sp³-hybridized carbons (Fsp3) is 0.485. The zero-order valence-electron chi connectivity index (χ0n) is 31.3. The van der Waals surface area contributed by atoms with Gasteiger partial charge in [0.25, 0.3) is 17.4 Å². The predicted octanol–water partition coefficient (Wildman–Crippen LogP) is 3.26. The monoisotopic (exact) mass is 852 g/mol. The van der Waals surface area contributed by atoms with E-state index in [1.54, 1.807) is 31.4 Å². The zero-order chi connectivity index (χ0) is 41.6. The highest BCUT2D eigenvalue weighted by atomic mass is 35.5. The Morgan fingerprint density at radius 1 is 1.13 bits per heavy atom. The van der Waals surface area contributed by atoms with E-state index in [9.17, 15) is 33.4 Å². The lowest BCUT2D eigenvalue weighted by molar-refractivity contribution is -0.193. The molecule has 0 fully saturated rings. The van der Waals surface area contributed by atoms with E-state index >= 15 is 0 Å². The number of nitrogens with one attached hydrogen (secondary N) is 1. The standard InChI is InChI=1S/C19H17Cl2NO4.C8H14N4OS.C3H8NO5P.C3H9S/c1-2-26-19(25)16(21)10-11-9-12(7-8-15(11)20)22-17(23)13-5-3-4-6-14(13)18(22)24;1-8(2,3)5-6(13)12(9)7(14-4)11-10-5;5-3(6)1-4-2-10(7,8)9;1-4(2)3/h7-10H,2-6H2,1H3;9H2,1-4H3;4H,1-2H2,(H,5,6)(H2,7,8,9);1-3H3/q;;;+1/p-1/b16-10-;;;. The molecule has 54 heavy (non-hydrogen) atoms. The first-order valence-electron chi connectivity index (χ1n) is 16.1. The number of carboxylic acids is 1. The summed E-state index contributed by atoms with van der Waals surface area (Å²) >= 11 is 13.4. The largest absolute Gasteiger partial charge is 0.778 e. The number of esters is 1. The molecule has 0 radical (unpaired) electrons. The summed E-state index contributed by atoms with van der Waals surface area (Å²) in [5.74, 6) is 3.17. The molecule has 16 nitrogen and oxygen atoms in total. The van der Waals surface area contributed by atoms with Gasteiger partial charge in [0.1, 0.15) is 18.3 Å². The average Bonchev–Trinajstić information content (AvgIpc) is 3.31. The molecule has 0 saturated heterocycles. The van der Waals surface area contributed by atoms with Crippen molar-refractivity contribution in [2.75, 3.05) is 55.2 Å². The van der Waals surface area contributed by atoms with Crippen molar-refractivity contribution in [3.63, 3.8) is 0 Å². The van der Waals surface area contributed by atoms with Crippen molar-refractivity contribution in [3.8, 4) is 0 Å². The highest BCUT2D eigenvalue weighted by Crippen LogP contribution is 2.37. The normalized spacial score (nSPS) is 15.2. The molecule has 4 rings (SSSR count). The van der Waals surface area contributed by atoms with E-state index in [0.717, 1.165) is 17.5 Å². The van der Waals surface area contributed by atoms with Crippen LogP contribution >= 0.6 is 42.6 Å². The van der Waals surface area contributed by atoms with Crippen LogP contribution in [0.2, 0.25) is 5.02 Å². The summed E-state index contributed by atoms with van der Waals surface area (Å²) in [7, 11) is -3.71. The van der Waals surface area contributed by atoms with Crippen molar-refractivity contribution < 1.29 is 43.4 Å². The smallest absolute Gasteiger partial charge is 0.349 e. The third-order valence-corrected chi connectivity index (χ3v) is 8.60. The number of aromatic nitrogens is 3. The highest BCUT2D eigenvalue weighted by Gasteiger charge is 2.39. The number of thioether (sulfide) groups is 1. The molecule has 1 aliphatic heterocycles. The lowest BCUT2D eigenvalue weighted by Crippen LogP contribution is -2.37. The number of hydrogen-bond acceptors (Lipinski definition) is 13. The minimum absolute atomic E-state index is 0.137. The van der Waals surface area contributed by atoms with E-state index in [4.69, 9.17) is 43.8 Å². The molecule has 0 saturated carbocycles. The molecule has 0 spiro atoms. The third kappa shape index (κ3) is 15.9. The maximum Gasteiger partial charge on any atom is 0.349 e. The van der Waals surface area contributed by atoms with Crippen LogP contribution in [0.4, 0.5) is 5.69 Å². The topological polar surface area (TPSA) is 247 Å². The van der Waals surface area contributed by atoms with E-state index in [1.165, 1.54) is 22.7 Å². The van der Waals surface area contributed by atoms with Gasteiger partial charge in [0.05, 0.1) is 43.9 Å². The number of carbonyl (C=O) groups is 4. The number of aliphatic carboxylic acids is 1. The summed E-state index contributed by atoms with van der Waals surface area (Å²) in [4.78, 5) is 77.7. The van der Waals surface area contributed by atoms with Gasteiger partial charge in [-0.2, -0.15) is 4.68 Å². The van der Waals surface area contributed by atoms with Crippen molar-refractivity contribution in [2.45, 2.75) is 63.9 Å². The van der Waals surface area contributed by atoms with Gasteiger partial charge in [-0.3, -0.25) is 24.5 Å². The van der Waals surface area contributed by atoms with E-state index in [0.29, 0.717) is 62.0 Å². The van der Waals surface area contributed by atoms with E-state index in [1.807, 2.05) is 26.1 Å². The van der Waals surface area contributed by atoms with E-state index in [2.05, 4.69) is 29.0 Å². The SMILES string of the molecule is CCOC(=O)/C(Cl)=C/c1cc(N2C(=O)C3=C(CCCC3)C2=O)ccc1Cl.CSc1nnc(C(C)(C)C)c(=O)n1N.C[S+](C)C.O=C(O)CNCP(=O)([O-])O. The van der Waals surface area contributed by atoms with Crippen molar-refractivity contribution in [3.05, 3.63) is 61.0 Å². The molecule has 2 amide bonds. The summed E-state index contributed by atoms with van der Waals surface area (Å²) in [6.45, 7) is 7.10. The number of nitrogen functional groups attached to an aromatic ring is 1. The van der Waals surface area contributed by atoms with Gasteiger partial charge in [-0.05, 0) is 79.6 Å². The summed E-state index contributed by atoms with van der Waals surface area (Å²) in [5, 5.41) is 18.4. The van der Waals surface area contributed by atoms with Crippen LogP contribution in [0, 0.1) is 0 Å². The minimum Gasteiger partial charge on any atom is -0.778 e. The Kier molecular flexibility index (Phi) is 20.2. The Morgan fingerprint density at radius 2 is 1.67 bits per heavy atom. The van der Waals surface area contributed by atoms with Crippen molar-refractivity contribution >= 4 is 89.0 Å². The molecule has 1 unspecified atom stereocenters. The number of rotatable bonds is 9. The van der Waals surface area contributed by atoms with Gasteiger partial charge in [0.2, 0.25) is 5.16 Å². The van der Waals surface area contributed by atoms with Gasteiger partial charge < -0.3 is 30.0 Å². The Bertz CT molecular complexity index is 1810. The molecule has 2 aliphatic rings. The first kappa shape index (κ1) is 48.8. The van der Waals surface area contributed by atoms with Crippen LogP contribution in [-0.4, -0.2) is 93.1 Å². The number of nitrogens with zero attached hydrogens (tertiary/aromatic N) is 4. The average molecular weight is 854 g/mol. The van der Waals surface area contributed by atoms with Crippen LogP contribution in [0.1, 0.15) is 64.6 Å². The molecule has 21 heteroatoms. The number of halogens is 2. The number of carbonyl (C=O) groups excluding carboxylic acids is 3. The number of amides is 2. The maximum absolute atomic E-state index is 12.7. The Balaban J connectivity index is 0.000000436. The molecule has 1 aromatic carbocycles. The zero-order valence-corrected chi connectivity index (χ0v) is 35.3. The van der Waals surface area contributed by atoms with Crippen LogP contribution in [0.3, 0.4) is 0 Å². The lowest BCUT2D eigenvalue weighted by Gasteiger charge is -2.16. The van der Waals surface area contributed by atoms with Gasteiger partial charge in [0.15, 0.2) is 0 Å². The van der Waals surface area contributed by atoms with Crippen LogP contribution in [0.5, 0.6) is 0 Å².